The molecule has 15 heavy (non-hydrogen) atoms. The van der Waals surface area contributed by atoms with Gasteiger partial charge in [0.2, 0.25) is 11.5 Å². The van der Waals surface area contributed by atoms with Crippen LogP contribution in [0.15, 0.2) is 4.42 Å². The quantitative estimate of drug-likeness (QED) is 0.616. The van der Waals surface area contributed by atoms with Gasteiger partial charge < -0.3 is 9.15 Å². The second-order valence-electron chi connectivity index (χ2n) is 2.36. The summed E-state index contributed by atoms with van der Waals surface area (Å²) in [6.45, 7) is 1.45. The fourth-order valence-electron chi connectivity index (χ4n) is 0.824. The molecule has 0 N–H and O–H groups in total. The predicted molar refractivity (Wildman–Crippen MR) is 50.2 cm³/mol. The second kappa shape index (κ2) is 4.37. The average Bonchev–Trinajstić information content (AvgIpc) is 2.47. The number of halogens is 4. The highest BCUT2D eigenvalue weighted by molar-refractivity contribution is 14.1. The lowest BCUT2D eigenvalue weighted by Gasteiger charge is -2.03. The molecule has 1 aromatic rings. The summed E-state index contributed by atoms with van der Waals surface area (Å²) < 4.78 is 45.4. The van der Waals surface area contributed by atoms with Gasteiger partial charge in [0, 0.05) is 22.6 Å². The Hall–Kier alpha value is -0.800. The highest BCUT2D eigenvalue weighted by Crippen LogP contribution is 2.33. The molecule has 84 valence electrons. The fraction of sp³-hybridized carbons (Fsp3) is 0.429. The van der Waals surface area contributed by atoms with Crippen LogP contribution in [-0.2, 0) is 10.9 Å². The van der Waals surface area contributed by atoms with Crippen LogP contribution in [0.5, 0.6) is 0 Å². The Kier molecular flexibility index (Phi) is 3.58. The summed E-state index contributed by atoms with van der Waals surface area (Å²) in [7, 11) is 0. The van der Waals surface area contributed by atoms with Crippen LogP contribution in [0.1, 0.15) is 23.2 Å². The van der Waals surface area contributed by atoms with Gasteiger partial charge in [-0.15, -0.1) is 0 Å². The van der Waals surface area contributed by atoms with Gasteiger partial charge >= 0.3 is 12.1 Å². The summed E-state index contributed by atoms with van der Waals surface area (Å²) >= 11 is 1.44. The molecule has 0 fully saturated rings. The molecule has 0 aromatic carbocycles. The van der Waals surface area contributed by atoms with Crippen molar-refractivity contribution in [1.82, 2.24) is 4.98 Å². The molecular weight excluding hydrogens is 330 g/mol. The van der Waals surface area contributed by atoms with Crippen molar-refractivity contribution in [2.75, 3.05) is 6.61 Å². The number of hydrogen-bond acceptors (Lipinski definition) is 4. The molecule has 0 amide bonds. The van der Waals surface area contributed by atoms with Crippen LogP contribution in [0.25, 0.3) is 0 Å². The molecule has 0 atom stereocenters. The predicted octanol–water partition coefficient (Wildman–Crippen LogP) is 2.47. The molecule has 0 spiro atoms. The van der Waals surface area contributed by atoms with E-state index in [1.807, 2.05) is 0 Å². The van der Waals surface area contributed by atoms with Crippen LogP contribution in [0, 0.1) is 3.90 Å². The van der Waals surface area contributed by atoms with E-state index in [1.165, 1.54) is 29.5 Å². The number of carbonyl (C=O) groups excluding carboxylic acids is 1. The van der Waals surface area contributed by atoms with Gasteiger partial charge in [-0.3, -0.25) is 0 Å². The molecule has 0 bridgehead atoms. The maximum Gasteiger partial charge on any atom is 0.452 e. The fourth-order valence-corrected chi connectivity index (χ4v) is 1.29. The highest BCUT2D eigenvalue weighted by Gasteiger charge is 2.42. The molecule has 0 aliphatic heterocycles. The lowest BCUT2D eigenvalue weighted by molar-refractivity contribution is -0.154. The monoisotopic (exact) mass is 335 g/mol. The van der Waals surface area contributed by atoms with E-state index in [9.17, 15) is 18.0 Å². The third-order valence-electron chi connectivity index (χ3n) is 1.33. The first kappa shape index (κ1) is 12.3. The summed E-state index contributed by atoms with van der Waals surface area (Å²) in [5.74, 6) is -2.57. The smallest absolute Gasteiger partial charge is 0.452 e. The van der Waals surface area contributed by atoms with E-state index in [1.54, 1.807) is 0 Å². The Morgan fingerprint density at radius 2 is 2.20 bits per heavy atom. The summed E-state index contributed by atoms with van der Waals surface area (Å²) in [5.41, 5.74) is -0.839. The van der Waals surface area contributed by atoms with Crippen molar-refractivity contribution in [3.05, 3.63) is 15.4 Å². The van der Waals surface area contributed by atoms with Crippen molar-refractivity contribution >= 4 is 28.6 Å². The summed E-state index contributed by atoms with van der Waals surface area (Å²) in [4.78, 5) is 14.4. The molecule has 4 nitrogen and oxygen atoms in total. The molecule has 1 heterocycles. The normalized spacial score (nSPS) is 11.5. The average molecular weight is 335 g/mol. The van der Waals surface area contributed by atoms with Crippen LogP contribution in [-0.4, -0.2) is 17.6 Å². The number of alkyl halides is 3. The van der Waals surface area contributed by atoms with Crippen molar-refractivity contribution in [1.29, 1.82) is 0 Å². The summed E-state index contributed by atoms with van der Waals surface area (Å²) in [5, 5.41) is 0. The van der Waals surface area contributed by atoms with Crippen LogP contribution in [0.3, 0.4) is 0 Å². The van der Waals surface area contributed by atoms with E-state index in [2.05, 4.69) is 14.1 Å². The minimum Gasteiger partial charge on any atom is -0.461 e. The zero-order chi connectivity index (χ0) is 11.6. The second-order valence-corrected chi connectivity index (χ2v) is 3.29. The molecule has 0 unspecified atom stereocenters. The first-order valence-electron chi connectivity index (χ1n) is 3.77. The Morgan fingerprint density at radius 1 is 1.60 bits per heavy atom. The Morgan fingerprint density at radius 3 is 2.67 bits per heavy atom. The van der Waals surface area contributed by atoms with Gasteiger partial charge in [-0.25, -0.2) is 4.79 Å². The van der Waals surface area contributed by atoms with Gasteiger partial charge in [0.05, 0.1) is 6.61 Å². The van der Waals surface area contributed by atoms with Crippen LogP contribution < -0.4 is 0 Å². The number of ether oxygens (including phenoxy) is 1. The van der Waals surface area contributed by atoms with E-state index >= 15 is 0 Å². The van der Waals surface area contributed by atoms with Crippen LogP contribution >= 0.6 is 22.6 Å². The SMILES string of the molecule is CCOC(=O)c1nc(I)oc1C(F)(F)F. The maximum absolute atomic E-state index is 12.3. The third kappa shape index (κ3) is 2.83. The summed E-state index contributed by atoms with van der Waals surface area (Å²) in [6, 6.07) is 0. The van der Waals surface area contributed by atoms with Crippen molar-refractivity contribution in [2.24, 2.45) is 0 Å². The standard InChI is InChI=1S/C7H5F3INO3/c1-2-14-5(13)3-4(7(8,9)10)15-6(11)12-3/h2H2,1H3. The Balaban J connectivity index is 3.12. The molecule has 0 aliphatic carbocycles. The molecule has 0 radical (unpaired) electrons. The molecule has 1 aromatic heterocycles. The van der Waals surface area contributed by atoms with Crippen molar-refractivity contribution in [3.63, 3.8) is 0 Å². The van der Waals surface area contributed by atoms with Gasteiger partial charge in [0.15, 0.2) is 0 Å². The van der Waals surface area contributed by atoms with Gasteiger partial charge in [0.1, 0.15) is 0 Å². The molecule has 0 saturated carbocycles. The van der Waals surface area contributed by atoms with Gasteiger partial charge in [0.25, 0.3) is 3.90 Å². The molecule has 0 saturated heterocycles. The maximum atomic E-state index is 12.3. The van der Waals surface area contributed by atoms with Crippen molar-refractivity contribution in [2.45, 2.75) is 13.1 Å². The number of nitrogens with zero attached hydrogens (tertiary/aromatic N) is 1. The Labute approximate surface area is 95.9 Å². The van der Waals surface area contributed by atoms with Gasteiger partial charge in [-0.05, 0) is 6.92 Å². The minimum atomic E-state index is -4.75. The molecule has 0 aliphatic rings. The van der Waals surface area contributed by atoms with E-state index in [0.29, 0.717) is 0 Å². The number of hydrogen-bond donors (Lipinski definition) is 0. The number of carbonyl (C=O) groups is 1. The lowest BCUT2D eigenvalue weighted by Crippen LogP contribution is -2.13. The zero-order valence-electron chi connectivity index (χ0n) is 7.39. The first-order chi connectivity index (χ1) is 6.86. The molecular formula is C7H5F3INO3. The van der Waals surface area contributed by atoms with E-state index in [4.69, 9.17) is 0 Å². The minimum absolute atomic E-state index is 0.0282. The summed E-state index contributed by atoms with van der Waals surface area (Å²) in [6.07, 6.45) is -4.75. The number of aromatic nitrogens is 1. The van der Waals surface area contributed by atoms with E-state index in [0.717, 1.165) is 0 Å². The van der Waals surface area contributed by atoms with Crippen molar-refractivity contribution < 1.29 is 27.1 Å². The van der Waals surface area contributed by atoms with E-state index in [-0.39, 0.29) is 10.5 Å². The van der Waals surface area contributed by atoms with Gasteiger partial charge in [-0.2, -0.15) is 18.2 Å². The van der Waals surface area contributed by atoms with Crippen LogP contribution in [0.4, 0.5) is 13.2 Å². The highest BCUT2D eigenvalue weighted by atomic mass is 127. The number of oxazole rings is 1. The first-order valence-corrected chi connectivity index (χ1v) is 4.84. The van der Waals surface area contributed by atoms with E-state index < -0.39 is 23.6 Å². The molecule has 1 rings (SSSR count). The van der Waals surface area contributed by atoms with Gasteiger partial charge in [-0.1, -0.05) is 0 Å². The van der Waals surface area contributed by atoms with Crippen LogP contribution in [0.2, 0.25) is 0 Å². The molecule has 8 heteroatoms. The largest absolute Gasteiger partial charge is 0.461 e. The lowest BCUT2D eigenvalue weighted by atomic mass is 10.3. The Bertz CT molecular complexity index is 374. The topological polar surface area (TPSA) is 52.3 Å². The number of rotatable bonds is 2. The number of esters is 1. The van der Waals surface area contributed by atoms with Crippen molar-refractivity contribution in [3.8, 4) is 0 Å². The third-order valence-corrected chi connectivity index (χ3v) is 1.79. The zero-order valence-corrected chi connectivity index (χ0v) is 9.55.